The zero-order valence-corrected chi connectivity index (χ0v) is 6.11. The van der Waals surface area contributed by atoms with E-state index in [1.807, 2.05) is 0 Å². The Morgan fingerprint density at radius 1 is 1.27 bits per heavy atom. The minimum atomic E-state index is -1.54. The molecule has 11 heavy (non-hydrogen) atoms. The van der Waals surface area contributed by atoms with Gasteiger partial charge < -0.3 is 20.8 Å². The van der Waals surface area contributed by atoms with Crippen molar-refractivity contribution in [3.63, 3.8) is 0 Å². The van der Waals surface area contributed by atoms with Crippen LogP contribution in [-0.2, 0) is 0 Å². The fourth-order valence-electron chi connectivity index (χ4n) is 0.585. The molecule has 0 fully saturated rings. The van der Waals surface area contributed by atoms with Gasteiger partial charge in [-0.3, -0.25) is 0 Å². The third-order valence-electron chi connectivity index (χ3n) is 0.944. The van der Waals surface area contributed by atoms with Gasteiger partial charge in [0.1, 0.15) is 0 Å². The van der Waals surface area contributed by atoms with Gasteiger partial charge in [0.05, 0.1) is 5.75 Å². The van der Waals surface area contributed by atoms with E-state index >= 15 is 0 Å². The lowest BCUT2D eigenvalue weighted by Gasteiger charge is -2.05. The molecule has 0 saturated carbocycles. The Kier molecular flexibility index (Phi) is 3.69. The van der Waals surface area contributed by atoms with Gasteiger partial charge in [-0.05, 0) is 12.1 Å². The Morgan fingerprint density at radius 3 is 2.27 bits per heavy atom. The van der Waals surface area contributed by atoms with Crippen LogP contribution in [-0.4, -0.2) is 6.16 Å². The molecule has 4 heteroatoms. The quantitative estimate of drug-likeness (QED) is 0.480. The third kappa shape index (κ3) is 3.22. The molecule has 0 aliphatic heterocycles. The first-order valence-electron chi connectivity index (χ1n) is 2.73. The molecule has 1 aromatic carbocycles. The van der Waals surface area contributed by atoms with Crippen LogP contribution in [0.15, 0.2) is 30.3 Å². The second kappa shape index (κ2) is 4.29. The molecule has 0 amide bonds. The number of benzene rings is 1. The lowest BCUT2D eigenvalue weighted by atomic mass is 10.3. The van der Waals surface area contributed by atoms with Crippen molar-refractivity contribution in [1.82, 2.24) is 6.15 Å². The van der Waals surface area contributed by atoms with Crippen molar-refractivity contribution in [2.24, 2.45) is 0 Å². The zero-order chi connectivity index (χ0) is 7.40. The van der Waals surface area contributed by atoms with Crippen molar-refractivity contribution in [1.29, 1.82) is 0 Å². The van der Waals surface area contributed by atoms with E-state index < -0.39 is 6.16 Å². The van der Waals surface area contributed by atoms with E-state index in [9.17, 15) is 9.90 Å². The molecule has 0 radical (unpaired) electrons. The first-order valence-corrected chi connectivity index (χ1v) is 2.73. The highest BCUT2D eigenvalue weighted by Gasteiger charge is 1.85. The normalized spacial score (nSPS) is 8.00. The van der Waals surface area contributed by atoms with Crippen LogP contribution >= 0.6 is 0 Å². The topological polar surface area (TPSA) is 85.9 Å². The largest absolute Gasteiger partial charge is 0.514 e. The van der Waals surface area contributed by atoms with Gasteiger partial charge >= 0.3 is 0 Å². The van der Waals surface area contributed by atoms with E-state index in [0.29, 0.717) is 0 Å². The number of ether oxygens (including phenoxy) is 1. The summed E-state index contributed by atoms with van der Waals surface area (Å²) >= 11 is 0. The summed E-state index contributed by atoms with van der Waals surface area (Å²) in [7, 11) is 0. The van der Waals surface area contributed by atoms with Gasteiger partial charge in [0.15, 0.2) is 0 Å². The van der Waals surface area contributed by atoms with Crippen LogP contribution in [0.4, 0.5) is 4.79 Å². The minimum absolute atomic E-state index is 0. The molecule has 0 aliphatic rings. The van der Waals surface area contributed by atoms with E-state index in [0.717, 1.165) is 0 Å². The highest BCUT2D eigenvalue weighted by atomic mass is 16.7. The summed E-state index contributed by atoms with van der Waals surface area (Å²) in [5.41, 5.74) is 0. The molecule has 0 bridgehead atoms. The molecule has 4 nitrogen and oxygen atoms in total. The molecule has 1 aromatic rings. The van der Waals surface area contributed by atoms with Gasteiger partial charge in [-0.2, -0.15) is 0 Å². The van der Waals surface area contributed by atoms with Gasteiger partial charge in [0.2, 0.25) is 0 Å². The SMILES string of the molecule is O=C([O-])Oc1ccccc1.[NH4+]. The number of carbonyl (C=O) groups is 1. The summed E-state index contributed by atoms with van der Waals surface area (Å²) in [5.74, 6) is 0.280. The van der Waals surface area contributed by atoms with Crippen molar-refractivity contribution in [2.45, 2.75) is 0 Å². The molecule has 60 valence electrons. The Hall–Kier alpha value is -1.55. The van der Waals surface area contributed by atoms with Gasteiger partial charge in [0, 0.05) is 0 Å². The van der Waals surface area contributed by atoms with E-state index in [2.05, 4.69) is 4.74 Å². The number of carboxylic acid groups (broad SMARTS) is 1. The summed E-state index contributed by atoms with van der Waals surface area (Å²) in [6, 6.07) is 8.20. The van der Waals surface area contributed by atoms with Crippen LogP contribution in [0.25, 0.3) is 0 Å². The maximum absolute atomic E-state index is 9.84. The summed E-state index contributed by atoms with van der Waals surface area (Å²) in [6.07, 6.45) is -1.54. The monoisotopic (exact) mass is 155 g/mol. The van der Waals surface area contributed by atoms with Crippen LogP contribution < -0.4 is 16.0 Å². The van der Waals surface area contributed by atoms with Crippen LogP contribution in [0.2, 0.25) is 0 Å². The van der Waals surface area contributed by atoms with Crippen molar-refractivity contribution in [3.05, 3.63) is 30.3 Å². The summed E-state index contributed by atoms with van der Waals surface area (Å²) in [4.78, 5) is 9.84. The second-order valence-corrected chi connectivity index (χ2v) is 1.67. The van der Waals surface area contributed by atoms with Crippen LogP contribution in [0.5, 0.6) is 5.75 Å². The lowest BCUT2D eigenvalue weighted by molar-refractivity contribution is -0.271. The van der Waals surface area contributed by atoms with Crippen LogP contribution in [0.3, 0.4) is 0 Å². The number of hydrogen-bond donors (Lipinski definition) is 1. The molecule has 0 aliphatic carbocycles. The predicted octanol–water partition coefficient (Wildman–Crippen LogP) is 0.785. The van der Waals surface area contributed by atoms with Gasteiger partial charge in [-0.15, -0.1) is 0 Å². The van der Waals surface area contributed by atoms with E-state index in [1.165, 1.54) is 12.1 Å². The van der Waals surface area contributed by atoms with Crippen LogP contribution in [0, 0.1) is 0 Å². The lowest BCUT2D eigenvalue weighted by Crippen LogP contribution is -2.26. The third-order valence-corrected chi connectivity index (χ3v) is 0.944. The molecule has 0 heterocycles. The van der Waals surface area contributed by atoms with E-state index in [1.54, 1.807) is 18.2 Å². The summed E-state index contributed by atoms with van der Waals surface area (Å²) in [6.45, 7) is 0. The Labute approximate surface area is 64.0 Å². The zero-order valence-electron chi connectivity index (χ0n) is 6.11. The van der Waals surface area contributed by atoms with Gasteiger partial charge in [-0.25, -0.2) is 0 Å². The molecule has 0 unspecified atom stereocenters. The predicted molar refractivity (Wildman–Crippen MR) is 38.5 cm³/mol. The Morgan fingerprint density at radius 2 is 1.82 bits per heavy atom. The van der Waals surface area contributed by atoms with E-state index in [-0.39, 0.29) is 11.9 Å². The summed E-state index contributed by atoms with van der Waals surface area (Å²) < 4.78 is 4.22. The van der Waals surface area contributed by atoms with E-state index in [4.69, 9.17) is 0 Å². The molecular weight excluding hydrogens is 146 g/mol. The number of para-hydroxylation sites is 1. The number of quaternary nitrogens is 1. The van der Waals surface area contributed by atoms with Crippen molar-refractivity contribution in [3.8, 4) is 5.75 Å². The Bertz CT molecular complexity index is 222. The fraction of sp³-hybridized carbons (Fsp3) is 0. The van der Waals surface area contributed by atoms with Crippen LogP contribution in [0.1, 0.15) is 0 Å². The maximum Gasteiger partial charge on any atom is 0.257 e. The molecule has 0 spiro atoms. The molecule has 0 saturated heterocycles. The Balaban J connectivity index is 0.000001000. The molecule has 4 N–H and O–H groups in total. The summed E-state index contributed by atoms with van der Waals surface area (Å²) in [5, 5.41) is 9.84. The highest BCUT2D eigenvalue weighted by Crippen LogP contribution is 2.06. The van der Waals surface area contributed by atoms with Crippen molar-refractivity contribution in [2.75, 3.05) is 0 Å². The average molecular weight is 155 g/mol. The molecule has 0 aromatic heterocycles. The van der Waals surface area contributed by atoms with Gasteiger partial charge in [-0.1, -0.05) is 18.2 Å². The highest BCUT2D eigenvalue weighted by molar-refractivity contribution is 5.58. The van der Waals surface area contributed by atoms with Crippen molar-refractivity contribution >= 4 is 6.16 Å². The first-order chi connectivity index (χ1) is 4.79. The molecular formula is C7H9NO3. The average Bonchev–Trinajstić information content (AvgIpc) is 1.88. The molecule has 1 rings (SSSR count). The number of hydrogen-bond acceptors (Lipinski definition) is 3. The first kappa shape index (κ1) is 9.45. The number of carbonyl (C=O) groups excluding carboxylic acids is 1. The maximum atomic E-state index is 9.84. The van der Waals surface area contributed by atoms with Gasteiger partial charge in [0.25, 0.3) is 6.16 Å². The molecule has 0 atom stereocenters. The number of rotatable bonds is 1. The fourth-order valence-corrected chi connectivity index (χ4v) is 0.585. The smallest absolute Gasteiger partial charge is 0.257 e. The standard InChI is InChI=1S/C7H6O3.H3N/c8-7(9)10-6-4-2-1-3-5-6;/h1-5H,(H,8,9);1H3. The minimum Gasteiger partial charge on any atom is -0.514 e. The van der Waals surface area contributed by atoms with Crippen molar-refractivity contribution < 1.29 is 14.6 Å². The second-order valence-electron chi connectivity index (χ2n) is 1.67.